The maximum absolute atomic E-state index is 13.2. The maximum atomic E-state index is 13.2. The Morgan fingerprint density at radius 2 is 1.57 bits per heavy atom. The molecule has 1 amide bonds. The molecule has 0 aromatic heterocycles. The third kappa shape index (κ3) is 3.29. The van der Waals surface area contributed by atoms with Gasteiger partial charge in [0, 0.05) is 16.8 Å². The molecule has 6 heteroatoms. The van der Waals surface area contributed by atoms with Crippen LogP contribution in [0.2, 0.25) is 0 Å². The van der Waals surface area contributed by atoms with E-state index in [0.717, 1.165) is 17.7 Å². The van der Waals surface area contributed by atoms with E-state index in [1.807, 2.05) is 42.5 Å². The van der Waals surface area contributed by atoms with Gasteiger partial charge in [-0.3, -0.25) is 14.7 Å². The van der Waals surface area contributed by atoms with E-state index in [2.05, 4.69) is 4.99 Å². The lowest BCUT2D eigenvalue weighted by atomic mass is 10.00. The number of para-hydroxylation sites is 1. The molecule has 0 spiro atoms. The number of hydrogen-bond donors (Lipinski definition) is 0. The summed E-state index contributed by atoms with van der Waals surface area (Å²) in [6.07, 6.45) is -4.49. The first-order valence-electron chi connectivity index (χ1n) is 8.64. The van der Waals surface area contributed by atoms with E-state index >= 15 is 0 Å². The molecule has 4 rings (SSSR count). The molecule has 1 aliphatic rings. The van der Waals surface area contributed by atoms with Crippen molar-refractivity contribution in [2.45, 2.75) is 6.18 Å². The lowest BCUT2D eigenvalue weighted by Gasteiger charge is -2.24. The van der Waals surface area contributed by atoms with Gasteiger partial charge in [0.25, 0.3) is 5.91 Å². The predicted octanol–water partition coefficient (Wildman–Crippen LogP) is 5.22. The zero-order valence-corrected chi connectivity index (χ0v) is 14.6. The van der Waals surface area contributed by atoms with E-state index in [4.69, 9.17) is 0 Å². The van der Waals surface area contributed by atoms with Gasteiger partial charge in [-0.25, -0.2) is 0 Å². The minimum absolute atomic E-state index is 0.158. The molecule has 28 heavy (non-hydrogen) atoms. The number of rotatable bonds is 2. The second kappa shape index (κ2) is 6.96. The molecule has 0 saturated carbocycles. The number of alkyl halides is 3. The van der Waals surface area contributed by atoms with E-state index in [1.165, 1.54) is 17.0 Å². The molecule has 0 saturated heterocycles. The fourth-order valence-corrected chi connectivity index (χ4v) is 3.25. The lowest BCUT2D eigenvalue weighted by Crippen LogP contribution is -2.28. The number of nitrogens with zero attached hydrogens (tertiary/aromatic N) is 2. The van der Waals surface area contributed by atoms with E-state index in [0.29, 0.717) is 17.0 Å². The van der Waals surface area contributed by atoms with Crippen molar-refractivity contribution < 1.29 is 18.0 Å². The number of aliphatic imine (C=N–C) groups is 1. The van der Waals surface area contributed by atoms with Crippen molar-refractivity contribution in [3.63, 3.8) is 0 Å². The fraction of sp³-hybridized carbons (Fsp3) is 0.0909. The number of benzodiazepines with no additional fused rings is 1. The zero-order valence-electron chi connectivity index (χ0n) is 14.6. The highest BCUT2D eigenvalue weighted by molar-refractivity contribution is 6.20. The van der Waals surface area contributed by atoms with Crippen LogP contribution in [0.1, 0.15) is 16.7 Å². The molecule has 3 nitrogen and oxygen atoms in total. The summed E-state index contributed by atoms with van der Waals surface area (Å²) in [4.78, 5) is 18.6. The topological polar surface area (TPSA) is 32.7 Å². The van der Waals surface area contributed by atoms with E-state index in [9.17, 15) is 18.0 Å². The van der Waals surface area contributed by atoms with Crippen LogP contribution >= 0.6 is 0 Å². The summed E-state index contributed by atoms with van der Waals surface area (Å²) in [6.45, 7) is -0.158. The van der Waals surface area contributed by atoms with Gasteiger partial charge in [-0.05, 0) is 24.3 Å². The Hall–Kier alpha value is -3.41. The molecule has 0 atom stereocenters. The van der Waals surface area contributed by atoms with Crippen molar-refractivity contribution in [3.8, 4) is 0 Å². The van der Waals surface area contributed by atoms with Crippen LogP contribution in [0.15, 0.2) is 83.9 Å². The van der Waals surface area contributed by atoms with E-state index in [-0.39, 0.29) is 12.2 Å². The van der Waals surface area contributed by atoms with Crippen molar-refractivity contribution in [2.75, 3.05) is 11.4 Å². The number of anilines is 2. The molecule has 140 valence electrons. The monoisotopic (exact) mass is 380 g/mol. The molecule has 3 aromatic rings. The summed E-state index contributed by atoms with van der Waals surface area (Å²) < 4.78 is 39.5. The summed E-state index contributed by atoms with van der Waals surface area (Å²) in [6, 6.07) is 21.3. The molecule has 3 aromatic carbocycles. The number of benzene rings is 3. The van der Waals surface area contributed by atoms with Crippen LogP contribution in [0.5, 0.6) is 0 Å². The minimum atomic E-state index is -4.49. The smallest absolute Gasteiger partial charge is 0.279 e. The van der Waals surface area contributed by atoms with Crippen molar-refractivity contribution in [1.82, 2.24) is 0 Å². The molecule has 0 fully saturated rings. The summed E-state index contributed by atoms with van der Waals surface area (Å²) in [5.74, 6) is -0.391. The zero-order chi connectivity index (χ0) is 19.7. The van der Waals surface area contributed by atoms with Crippen LogP contribution in [0.25, 0.3) is 0 Å². The average molecular weight is 380 g/mol. The Kier molecular flexibility index (Phi) is 4.47. The van der Waals surface area contributed by atoms with Gasteiger partial charge in [0.15, 0.2) is 0 Å². The molecule has 1 heterocycles. The first-order valence-corrected chi connectivity index (χ1v) is 8.64. The van der Waals surface area contributed by atoms with Crippen LogP contribution in [0.3, 0.4) is 0 Å². The molecule has 0 bridgehead atoms. The van der Waals surface area contributed by atoms with Crippen LogP contribution in [0, 0.1) is 0 Å². The number of carbonyl (C=O) groups is 1. The largest absolute Gasteiger partial charge is 0.416 e. The summed E-state index contributed by atoms with van der Waals surface area (Å²) in [7, 11) is 0. The number of hydrogen-bond acceptors (Lipinski definition) is 2. The van der Waals surface area contributed by atoms with Crippen molar-refractivity contribution in [1.29, 1.82) is 0 Å². The normalized spacial score (nSPS) is 14.3. The Morgan fingerprint density at radius 1 is 0.857 bits per heavy atom. The van der Waals surface area contributed by atoms with Gasteiger partial charge in [0.05, 0.1) is 17.0 Å². The maximum Gasteiger partial charge on any atom is 0.416 e. The van der Waals surface area contributed by atoms with E-state index < -0.39 is 17.6 Å². The molecule has 1 aliphatic heterocycles. The van der Waals surface area contributed by atoms with Crippen molar-refractivity contribution in [2.24, 2.45) is 4.99 Å². The van der Waals surface area contributed by atoms with Crippen LogP contribution in [-0.4, -0.2) is 18.2 Å². The number of amides is 1. The Bertz CT molecular complexity index is 1060. The highest BCUT2D eigenvalue weighted by atomic mass is 19.4. The van der Waals surface area contributed by atoms with Gasteiger partial charge in [0.1, 0.15) is 6.54 Å². The fourth-order valence-electron chi connectivity index (χ4n) is 3.25. The molecule has 0 aliphatic carbocycles. The van der Waals surface area contributed by atoms with Crippen molar-refractivity contribution >= 4 is 23.0 Å². The molecular weight excluding hydrogens is 365 g/mol. The Balaban J connectivity index is 1.87. The SMILES string of the molecule is O=C1CN=C(c2ccccc2)c2ccccc2N1c1cccc(C(F)(F)F)c1. The summed E-state index contributed by atoms with van der Waals surface area (Å²) >= 11 is 0. The second-order valence-corrected chi connectivity index (χ2v) is 6.33. The van der Waals surface area contributed by atoms with Crippen molar-refractivity contribution in [3.05, 3.63) is 95.6 Å². The van der Waals surface area contributed by atoms with Gasteiger partial charge >= 0.3 is 6.18 Å². The van der Waals surface area contributed by atoms with Crippen LogP contribution in [-0.2, 0) is 11.0 Å². The molecule has 0 radical (unpaired) electrons. The average Bonchev–Trinajstić information content (AvgIpc) is 2.84. The van der Waals surface area contributed by atoms with Gasteiger partial charge < -0.3 is 0 Å². The molecular formula is C22H15F3N2O. The minimum Gasteiger partial charge on any atom is -0.279 e. The third-order valence-corrected chi connectivity index (χ3v) is 4.50. The Morgan fingerprint density at radius 3 is 2.32 bits per heavy atom. The molecule has 0 unspecified atom stereocenters. The van der Waals surface area contributed by atoms with Gasteiger partial charge in [-0.1, -0.05) is 54.6 Å². The summed E-state index contributed by atoms with van der Waals surface area (Å²) in [5, 5.41) is 0. The lowest BCUT2D eigenvalue weighted by molar-refractivity contribution is -0.137. The quantitative estimate of drug-likeness (QED) is 0.600. The third-order valence-electron chi connectivity index (χ3n) is 4.50. The highest BCUT2D eigenvalue weighted by Gasteiger charge is 2.32. The summed E-state index contributed by atoms with van der Waals surface area (Å²) in [5.41, 5.74) is 2.04. The van der Waals surface area contributed by atoms with Crippen LogP contribution < -0.4 is 4.90 Å². The molecule has 0 N–H and O–H groups in total. The standard InChI is InChI=1S/C22H15F3N2O/c23-22(24,25)16-9-6-10-17(13-16)27-19-12-5-4-11-18(19)21(26-14-20(27)28)15-7-2-1-3-8-15/h1-13H,14H2. The number of carbonyl (C=O) groups excluding carboxylic acids is 1. The van der Waals surface area contributed by atoms with Gasteiger partial charge in [-0.2, -0.15) is 13.2 Å². The number of fused-ring (bicyclic) bond motifs is 1. The van der Waals surface area contributed by atoms with Gasteiger partial charge in [-0.15, -0.1) is 0 Å². The predicted molar refractivity (Wildman–Crippen MR) is 102 cm³/mol. The van der Waals surface area contributed by atoms with Crippen LogP contribution in [0.4, 0.5) is 24.5 Å². The highest BCUT2D eigenvalue weighted by Crippen LogP contribution is 2.36. The Labute approximate surface area is 159 Å². The second-order valence-electron chi connectivity index (χ2n) is 6.33. The van der Waals surface area contributed by atoms with E-state index in [1.54, 1.807) is 12.1 Å². The first kappa shape index (κ1) is 18.0. The first-order chi connectivity index (χ1) is 13.4. The van der Waals surface area contributed by atoms with Gasteiger partial charge in [0.2, 0.25) is 0 Å². The number of halogens is 3.